The van der Waals surface area contributed by atoms with E-state index in [9.17, 15) is 9.90 Å². The highest BCUT2D eigenvalue weighted by atomic mass is 16.4. The van der Waals surface area contributed by atoms with Crippen LogP contribution in [0.2, 0.25) is 0 Å². The third-order valence-electron chi connectivity index (χ3n) is 6.48. The number of pyridine rings is 2. The summed E-state index contributed by atoms with van der Waals surface area (Å²) >= 11 is 0. The molecule has 0 radical (unpaired) electrons. The molecule has 0 aliphatic rings. The number of aryl methyl sites for hydroxylation is 1. The van der Waals surface area contributed by atoms with Crippen molar-refractivity contribution in [2.75, 3.05) is 0 Å². The number of nitrogens with one attached hydrogen (secondary N) is 1. The topological polar surface area (TPSA) is 88.2 Å². The standard InChI is InChI=1S/C30H27N3O3/c1-20-19-32-15-12-25(20)29(22-6-4-3-5-7-22)33-28(34)17-21-8-9-26-23(16-21)18-27(36-26)30(2,35)24-10-13-31-14-11-24/h3-16,18-19,29,35H,17H2,1-2H3,(H,33,34). The second kappa shape index (κ2) is 9.76. The summed E-state index contributed by atoms with van der Waals surface area (Å²) < 4.78 is 5.96. The molecule has 0 fully saturated rings. The van der Waals surface area contributed by atoms with E-state index in [-0.39, 0.29) is 18.4 Å². The van der Waals surface area contributed by atoms with Crippen LogP contribution in [0.1, 0.15) is 46.5 Å². The van der Waals surface area contributed by atoms with Crippen LogP contribution in [0.4, 0.5) is 0 Å². The Hall–Kier alpha value is -4.29. The summed E-state index contributed by atoms with van der Waals surface area (Å²) in [5, 5.41) is 15.2. The maximum Gasteiger partial charge on any atom is 0.225 e. The van der Waals surface area contributed by atoms with E-state index in [0.717, 1.165) is 27.6 Å². The Morgan fingerprint density at radius 3 is 2.50 bits per heavy atom. The van der Waals surface area contributed by atoms with Gasteiger partial charge in [0.1, 0.15) is 16.9 Å². The van der Waals surface area contributed by atoms with Gasteiger partial charge < -0.3 is 14.8 Å². The lowest BCUT2D eigenvalue weighted by atomic mass is 9.94. The van der Waals surface area contributed by atoms with Gasteiger partial charge in [-0.1, -0.05) is 36.4 Å². The molecule has 0 saturated carbocycles. The molecular weight excluding hydrogens is 450 g/mol. The van der Waals surface area contributed by atoms with E-state index in [1.165, 1.54) is 0 Å². The van der Waals surface area contributed by atoms with Gasteiger partial charge in [0.2, 0.25) is 5.91 Å². The lowest BCUT2D eigenvalue weighted by Gasteiger charge is -2.21. The summed E-state index contributed by atoms with van der Waals surface area (Å²) in [5.41, 5.74) is 3.93. The fourth-order valence-electron chi connectivity index (χ4n) is 4.45. The smallest absolute Gasteiger partial charge is 0.225 e. The SMILES string of the molecule is Cc1cnccc1C(NC(=O)Cc1ccc2oc(C(C)(O)c3ccncc3)cc2c1)c1ccccc1. The molecule has 0 spiro atoms. The van der Waals surface area contributed by atoms with Crippen LogP contribution in [-0.4, -0.2) is 21.0 Å². The zero-order chi connectivity index (χ0) is 25.1. The molecule has 0 aliphatic heterocycles. The van der Waals surface area contributed by atoms with Gasteiger partial charge in [0, 0.05) is 30.2 Å². The number of aliphatic hydroxyl groups is 1. The minimum Gasteiger partial charge on any atom is -0.458 e. The number of hydrogen-bond acceptors (Lipinski definition) is 5. The van der Waals surface area contributed by atoms with Crippen LogP contribution in [-0.2, 0) is 16.8 Å². The summed E-state index contributed by atoms with van der Waals surface area (Å²) in [6, 6.07) is 22.6. The zero-order valence-electron chi connectivity index (χ0n) is 20.2. The van der Waals surface area contributed by atoms with Crippen LogP contribution in [0.5, 0.6) is 0 Å². The van der Waals surface area contributed by atoms with Crippen LogP contribution in [0.25, 0.3) is 11.0 Å². The number of benzene rings is 2. The number of rotatable bonds is 7. The monoisotopic (exact) mass is 477 g/mol. The highest BCUT2D eigenvalue weighted by molar-refractivity contribution is 5.83. The van der Waals surface area contributed by atoms with Crippen molar-refractivity contribution in [1.82, 2.24) is 15.3 Å². The van der Waals surface area contributed by atoms with Crippen molar-refractivity contribution >= 4 is 16.9 Å². The largest absolute Gasteiger partial charge is 0.458 e. The molecule has 1 amide bonds. The van der Waals surface area contributed by atoms with Crippen molar-refractivity contribution in [3.8, 4) is 0 Å². The Morgan fingerprint density at radius 2 is 1.75 bits per heavy atom. The maximum atomic E-state index is 13.2. The zero-order valence-corrected chi connectivity index (χ0v) is 20.2. The van der Waals surface area contributed by atoms with Gasteiger partial charge in [0.15, 0.2) is 0 Å². The fourth-order valence-corrected chi connectivity index (χ4v) is 4.45. The van der Waals surface area contributed by atoms with Crippen LogP contribution in [0.15, 0.2) is 102 Å². The summed E-state index contributed by atoms with van der Waals surface area (Å²) in [5.74, 6) is 0.342. The van der Waals surface area contributed by atoms with Gasteiger partial charge >= 0.3 is 0 Å². The summed E-state index contributed by atoms with van der Waals surface area (Å²) in [6.07, 6.45) is 7.04. The first kappa shape index (κ1) is 23.5. The summed E-state index contributed by atoms with van der Waals surface area (Å²) in [7, 11) is 0. The fraction of sp³-hybridized carbons (Fsp3) is 0.167. The van der Waals surface area contributed by atoms with Crippen LogP contribution >= 0.6 is 0 Å². The van der Waals surface area contributed by atoms with Crippen molar-refractivity contribution < 1.29 is 14.3 Å². The van der Waals surface area contributed by atoms with Crippen molar-refractivity contribution in [3.63, 3.8) is 0 Å². The predicted octanol–water partition coefficient (Wildman–Crippen LogP) is 5.24. The molecule has 3 heterocycles. The molecule has 6 heteroatoms. The average Bonchev–Trinajstić information content (AvgIpc) is 3.33. The third kappa shape index (κ3) is 4.76. The van der Waals surface area contributed by atoms with Gasteiger partial charge in [-0.2, -0.15) is 0 Å². The molecule has 6 nitrogen and oxygen atoms in total. The summed E-state index contributed by atoms with van der Waals surface area (Å²) in [4.78, 5) is 21.4. The normalized spacial score (nSPS) is 13.8. The second-order valence-electron chi connectivity index (χ2n) is 9.11. The Bertz CT molecular complexity index is 1490. The lowest BCUT2D eigenvalue weighted by Crippen LogP contribution is -2.31. The average molecular weight is 478 g/mol. The minimum absolute atomic E-state index is 0.0908. The number of aromatic nitrogens is 2. The molecule has 3 aromatic heterocycles. The molecular formula is C30H27N3O3. The summed E-state index contributed by atoms with van der Waals surface area (Å²) in [6.45, 7) is 3.69. The number of nitrogens with zero attached hydrogens (tertiary/aromatic N) is 2. The quantitative estimate of drug-likeness (QED) is 0.335. The first-order valence-corrected chi connectivity index (χ1v) is 11.8. The molecule has 180 valence electrons. The van der Waals surface area contributed by atoms with Gasteiger partial charge in [-0.15, -0.1) is 0 Å². The predicted molar refractivity (Wildman–Crippen MR) is 138 cm³/mol. The molecule has 2 N–H and O–H groups in total. The van der Waals surface area contributed by atoms with E-state index >= 15 is 0 Å². The number of carbonyl (C=O) groups excluding carboxylic acids is 1. The molecule has 2 aromatic carbocycles. The molecule has 0 aliphatic carbocycles. The van der Waals surface area contributed by atoms with Crippen molar-refractivity contribution in [1.29, 1.82) is 0 Å². The second-order valence-corrected chi connectivity index (χ2v) is 9.11. The van der Waals surface area contributed by atoms with Crippen molar-refractivity contribution in [2.24, 2.45) is 0 Å². The van der Waals surface area contributed by atoms with Crippen molar-refractivity contribution in [3.05, 3.63) is 131 Å². The third-order valence-corrected chi connectivity index (χ3v) is 6.48. The highest BCUT2D eigenvalue weighted by Crippen LogP contribution is 2.33. The van der Waals surface area contributed by atoms with E-state index in [2.05, 4.69) is 15.3 Å². The number of furan rings is 1. The minimum atomic E-state index is -1.30. The Kier molecular flexibility index (Phi) is 6.36. The van der Waals surface area contributed by atoms with Gasteiger partial charge in [-0.3, -0.25) is 14.8 Å². The van der Waals surface area contributed by atoms with E-state index in [1.54, 1.807) is 37.6 Å². The van der Waals surface area contributed by atoms with Gasteiger partial charge in [-0.25, -0.2) is 0 Å². The van der Waals surface area contributed by atoms with Crippen LogP contribution in [0, 0.1) is 6.92 Å². The Labute approximate surface area is 209 Å². The molecule has 2 atom stereocenters. The first-order chi connectivity index (χ1) is 17.4. The molecule has 5 rings (SSSR count). The van der Waals surface area contributed by atoms with Gasteiger partial charge in [0.25, 0.3) is 0 Å². The molecule has 2 unspecified atom stereocenters. The van der Waals surface area contributed by atoms with E-state index in [1.807, 2.05) is 73.8 Å². The van der Waals surface area contributed by atoms with Crippen LogP contribution < -0.4 is 5.32 Å². The van der Waals surface area contributed by atoms with Crippen molar-refractivity contribution in [2.45, 2.75) is 31.9 Å². The number of carbonyl (C=O) groups is 1. The highest BCUT2D eigenvalue weighted by Gasteiger charge is 2.29. The maximum absolute atomic E-state index is 13.2. The lowest BCUT2D eigenvalue weighted by molar-refractivity contribution is -0.120. The number of hydrogen-bond donors (Lipinski definition) is 2. The Morgan fingerprint density at radius 1 is 1.00 bits per heavy atom. The first-order valence-electron chi connectivity index (χ1n) is 11.8. The molecule has 0 bridgehead atoms. The molecule has 5 aromatic rings. The number of amides is 1. The van der Waals surface area contributed by atoms with Gasteiger partial charge in [-0.05, 0) is 78.1 Å². The molecule has 0 saturated heterocycles. The Balaban J connectivity index is 1.38. The van der Waals surface area contributed by atoms with E-state index in [4.69, 9.17) is 4.42 Å². The van der Waals surface area contributed by atoms with E-state index < -0.39 is 5.60 Å². The van der Waals surface area contributed by atoms with Crippen LogP contribution in [0.3, 0.4) is 0 Å². The van der Waals surface area contributed by atoms with E-state index in [0.29, 0.717) is 16.9 Å². The molecule has 36 heavy (non-hydrogen) atoms. The van der Waals surface area contributed by atoms with Gasteiger partial charge in [0.05, 0.1) is 12.5 Å². The number of fused-ring (bicyclic) bond motifs is 1.